The van der Waals surface area contributed by atoms with E-state index >= 15 is 0 Å². The van der Waals surface area contributed by atoms with E-state index in [0.29, 0.717) is 0 Å². The van der Waals surface area contributed by atoms with Crippen LogP contribution in [0.2, 0.25) is 0 Å². The zero-order valence-corrected chi connectivity index (χ0v) is 16.8. The van der Waals surface area contributed by atoms with Gasteiger partial charge >= 0.3 is 0 Å². The first-order valence-electron chi connectivity index (χ1n) is 10.5. The number of pyridine rings is 1. The van der Waals surface area contributed by atoms with Crippen LogP contribution >= 0.6 is 0 Å². The van der Waals surface area contributed by atoms with Crippen LogP contribution in [0.25, 0.3) is 44.8 Å². The number of rotatable bonds is 2. The van der Waals surface area contributed by atoms with Crippen LogP contribution in [0.15, 0.2) is 103 Å². The summed E-state index contributed by atoms with van der Waals surface area (Å²) < 4.78 is 7.25. The molecule has 3 aromatic heterocycles. The Bertz CT molecular complexity index is 1590. The Morgan fingerprint density at radius 2 is 1.39 bits per heavy atom. The predicted octanol–water partition coefficient (Wildman–Crippen LogP) is 5.29. The Morgan fingerprint density at radius 1 is 0.710 bits per heavy atom. The summed E-state index contributed by atoms with van der Waals surface area (Å²) in [4.78, 5) is 4.45. The molecule has 7 rings (SSSR count). The van der Waals surface area contributed by atoms with Gasteiger partial charge in [0.05, 0.1) is 17.5 Å². The van der Waals surface area contributed by atoms with Gasteiger partial charge < -0.3 is 0 Å². The Labute approximate surface area is 179 Å². The molecular formula is C27H19N4+. The third-order valence-electron chi connectivity index (χ3n) is 6.28. The maximum absolute atomic E-state index is 4.45. The van der Waals surface area contributed by atoms with E-state index in [4.69, 9.17) is 0 Å². The number of benzene rings is 3. The molecule has 31 heavy (non-hydrogen) atoms. The molecule has 0 fully saturated rings. The Morgan fingerprint density at radius 3 is 2.16 bits per heavy atom. The van der Waals surface area contributed by atoms with Crippen LogP contribution in [0.1, 0.15) is 5.56 Å². The first kappa shape index (κ1) is 16.6. The van der Waals surface area contributed by atoms with E-state index in [1.165, 1.54) is 44.7 Å². The van der Waals surface area contributed by atoms with Gasteiger partial charge in [-0.3, -0.25) is 4.98 Å². The normalized spacial score (nSPS) is 12.4. The van der Waals surface area contributed by atoms with E-state index < -0.39 is 0 Å². The molecule has 0 amide bonds. The number of imidazole rings is 1. The molecule has 0 bridgehead atoms. The summed E-state index contributed by atoms with van der Waals surface area (Å²) in [5.74, 6) is 1.19. The van der Waals surface area contributed by atoms with E-state index in [0.717, 1.165) is 12.2 Å². The van der Waals surface area contributed by atoms with Crippen LogP contribution in [0.4, 0.5) is 0 Å². The van der Waals surface area contributed by atoms with Crippen molar-refractivity contribution in [2.24, 2.45) is 0 Å². The smallest absolute Gasteiger partial charge is 0.264 e. The van der Waals surface area contributed by atoms with Gasteiger partial charge in [-0.2, -0.15) is 0 Å². The van der Waals surface area contributed by atoms with Crippen molar-refractivity contribution >= 4 is 22.1 Å². The lowest BCUT2D eigenvalue weighted by Gasteiger charge is -2.04. The van der Waals surface area contributed by atoms with Crippen molar-refractivity contribution in [3.8, 4) is 22.8 Å². The molecule has 1 aliphatic heterocycles. The highest BCUT2D eigenvalue weighted by Gasteiger charge is 2.37. The third kappa shape index (κ3) is 2.19. The lowest BCUT2D eigenvalue weighted by molar-refractivity contribution is -0.648. The molecule has 0 N–H and O–H groups in total. The van der Waals surface area contributed by atoms with Crippen LogP contribution in [-0.2, 0) is 6.54 Å². The van der Waals surface area contributed by atoms with Crippen LogP contribution in [-0.4, -0.2) is 14.1 Å². The van der Waals surface area contributed by atoms with Crippen molar-refractivity contribution in [3.05, 3.63) is 109 Å². The number of fused-ring (bicyclic) bond motifs is 7. The maximum atomic E-state index is 4.45. The molecule has 0 spiro atoms. The fraction of sp³-hybridized carbons (Fsp3) is 0.0370. The summed E-state index contributed by atoms with van der Waals surface area (Å²) in [7, 11) is 0. The monoisotopic (exact) mass is 399 g/mol. The summed E-state index contributed by atoms with van der Waals surface area (Å²) in [6, 6.07) is 32.1. The molecule has 0 saturated carbocycles. The summed E-state index contributed by atoms with van der Waals surface area (Å²) >= 11 is 0. The van der Waals surface area contributed by atoms with Gasteiger partial charge in [-0.15, -0.1) is 0 Å². The Kier molecular flexibility index (Phi) is 3.30. The molecule has 4 nitrogen and oxygen atoms in total. The van der Waals surface area contributed by atoms with Gasteiger partial charge in [-0.25, -0.2) is 13.7 Å². The lowest BCUT2D eigenvalue weighted by Crippen LogP contribution is -2.33. The fourth-order valence-corrected chi connectivity index (χ4v) is 5.02. The maximum Gasteiger partial charge on any atom is 0.275 e. The van der Waals surface area contributed by atoms with Crippen molar-refractivity contribution in [1.82, 2.24) is 14.1 Å². The van der Waals surface area contributed by atoms with Crippen LogP contribution in [0.3, 0.4) is 0 Å². The standard InChI is InChI=1S/C27H19N4/c1-3-9-20(10-4-1)30-24-14-8-7-13-22(24)25-27(30)29-18-19-15-16-28-17-23(19)26(29)31(25)21-11-5-2-6-12-21/h1-17H,18H2/q+1. The molecular weight excluding hydrogens is 380 g/mol. The number of nitrogens with zero attached hydrogens (tertiary/aromatic N) is 4. The van der Waals surface area contributed by atoms with E-state index in [1.807, 2.05) is 12.4 Å². The summed E-state index contributed by atoms with van der Waals surface area (Å²) in [6.07, 6.45) is 3.89. The molecule has 0 unspecified atom stereocenters. The molecule has 3 aromatic carbocycles. The minimum absolute atomic E-state index is 0.840. The van der Waals surface area contributed by atoms with E-state index in [1.54, 1.807) is 0 Å². The minimum atomic E-state index is 0.840. The van der Waals surface area contributed by atoms with E-state index in [-0.39, 0.29) is 0 Å². The van der Waals surface area contributed by atoms with Crippen molar-refractivity contribution < 1.29 is 4.57 Å². The van der Waals surface area contributed by atoms with E-state index in [2.05, 4.69) is 110 Å². The number of hydrogen-bond donors (Lipinski definition) is 0. The second-order valence-electron chi connectivity index (χ2n) is 7.97. The van der Waals surface area contributed by atoms with Gasteiger partial charge in [0.15, 0.2) is 5.52 Å². The van der Waals surface area contributed by atoms with Gasteiger partial charge in [0.2, 0.25) is 5.82 Å². The van der Waals surface area contributed by atoms with Gasteiger partial charge in [0.25, 0.3) is 5.65 Å². The summed E-state index contributed by atoms with van der Waals surface area (Å²) in [6.45, 7) is 0.840. The second kappa shape index (κ2) is 6.16. The topological polar surface area (TPSA) is 26.6 Å². The van der Waals surface area contributed by atoms with E-state index in [9.17, 15) is 0 Å². The SMILES string of the molecule is c1ccc(-n2c3[n+](c4c2c2ccccc2n4-c2ccccc2)Cc2ccncc2-3)cc1. The number of hydrogen-bond acceptors (Lipinski definition) is 1. The zero-order chi connectivity index (χ0) is 20.4. The predicted molar refractivity (Wildman–Crippen MR) is 123 cm³/mol. The van der Waals surface area contributed by atoms with Crippen molar-refractivity contribution in [2.75, 3.05) is 0 Å². The average molecular weight is 399 g/mol. The first-order valence-corrected chi connectivity index (χ1v) is 10.5. The zero-order valence-electron chi connectivity index (χ0n) is 16.8. The highest BCUT2D eigenvalue weighted by molar-refractivity contribution is 6.07. The fourth-order valence-electron chi connectivity index (χ4n) is 5.02. The second-order valence-corrected chi connectivity index (χ2v) is 7.97. The first-order chi connectivity index (χ1) is 15.4. The Balaban J connectivity index is 1.73. The third-order valence-corrected chi connectivity index (χ3v) is 6.28. The number of para-hydroxylation sites is 3. The number of aromatic nitrogens is 4. The molecule has 0 saturated heterocycles. The van der Waals surface area contributed by atoms with Crippen molar-refractivity contribution in [1.29, 1.82) is 0 Å². The van der Waals surface area contributed by atoms with Gasteiger partial charge in [0, 0.05) is 18.0 Å². The minimum Gasteiger partial charge on any atom is -0.264 e. The van der Waals surface area contributed by atoms with Crippen molar-refractivity contribution in [2.45, 2.75) is 6.54 Å². The van der Waals surface area contributed by atoms with Gasteiger partial charge in [0.1, 0.15) is 16.9 Å². The highest BCUT2D eigenvalue weighted by Crippen LogP contribution is 2.39. The highest BCUT2D eigenvalue weighted by atomic mass is 15.3. The molecule has 4 heteroatoms. The average Bonchev–Trinajstić information content (AvgIpc) is 3.47. The molecule has 0 atom stereocenters. The lowest BCUT2D eigenvalue weighted by atomic mass is 10.1. The molecule has 1 aliphatic rings. The van der Waals surface area contributed by atoms with Gasteiger partial charge in [-0.1, -0.05) is 48.5 Å². The molecule has 4 heterocycles. The summed E-state index contributed by atoms with van der Waals surface area (Å²) in [5.41, 5.74) is 8.50. The molecule has 0 radical (unpaired) electrons. The van der Waals surface area contributed by atoms with Crippen LogP contribution in [0.5, 0.6) is 0 Å². The quantitative estimate of drug-likeness (QED) is 0.363. The molecule has 6 aromatic rings. The molecule has 146 valence electrons. The summed E-state index contributed by atoms with van der Waals surface area (Å²) in [5, 5.41) is 1.25. The van der Waals surface area contributed by atoms with Gasteiger partial charge in [-0.05, 0) is 42.5 Å². The molecule has 0 aliphatic carbocycles. The van der Waals surface area contributed by atoms with Crippen LogP contribution < -0.4 is 4.57 Å². The largest absolute Gasteiger partial charge is 0.275 e. The Hall–Kier alpha value is -4.18. The van der Waals surface area contributed by atoms with Crippen LogP contribution in [0, 0.1) is 0 Å². The van der Waals surface area contributed by atoms with Crippen molar-refractivity contribution in [3.63, 3.8) is 0 Å².